The fraction of sp³-hybridized carbons (Fsp3) is 0.769. The van der Waals surface area contributed by atoms with E-state index in [1.807, 2.05) is 0 Å². The van der Waals surface area contributed by atoms with E-state index in [2.05, 4.69) is 20.4 Å². The molecule has 4 atom stereocenters. The normalized spacial score (nSPS) is 37.9. The number of aliphatic hydroxyl groups is 1. The first kappa shape index (κ1) is 11.6. The molecular weight excluding hydrogens is 204 g/mol. The SMILES string of the molecule is C=CC[C@H](O)[C@@H]1CC(C)(C)[C@@H]2OC(=O)C[C@H]12. The van der Waals surface area contributed by atoms with Crippen LogP contribution in [0.5, 0.6) is 0 Å². The Morgan fingerprint density at radius 1 is 1.69 bits per heavy atom. The Morgan fingerprint density at radius 2 is 2.38 bits per heavy atom. The van der Waals surface area contributed by atoms with E-state index in [1.54, 1.807) is 6.08 Å². The molecule has 1 saturated carbocycles. The molecule has 3 heteroatoms. The highest BCUT2D eigenvalue weighted by Crippen LogP contribution is 2.52. The van der Waals surface area contributed by atoms with Crippen LogP contribution in [-0.4, -0.2) is 23.3 Å². The van der Waals surface area contributed by atoms with E-state index in [1.165, 1.54) is 0 Å². The number of carbonyl (C=O) groups is 1. The van der Waals surface area contributed by atoms with Crippen LogP contribution in [0.4, 0.5) is 0 Å². The summed E-state index contributed by atoms with van der Waals surface area (Å²) >= 11 is 0. The van der Waals surface area contributed by atoms with Crippen LogP contribution in [0.15, 0.2) is 12.7 Å². The molecule has 0 spiro atoms. The van der Waals surface area contributed by atoms with Gasteiger partial charge < -0.3 is 9.84 Å². The summed E-state index contributed by atoms with van der Waals surface area (Å²) in [6.45, 7) is 7.88. The summed E-state index contributed by atoms with van der Waals surface area (Å²) in [6.07, 6.45) is 3.32. The predicted octanol–water partition coefficient (Wildman–Crippen LogP) is 1.90. The molecule has 3 nitrogen and oxygen atoms in total. The van der Waals surface area contributed by atoms with Gasteiger partial charge in [0.1, 0.15) is 6.10 Å². The molecule has 0 aromatic rings. The molecule has 1 N–H and O–H groups in total. The molecule has 1 aliphatic heterocycles. The van der Waals surface area contributed by atoms with Crippen LogP contribution < -0.4 is 0 Å². The molecule has 0 bridgehead atoms. The highest BCUT2D eigenvalue weighted by Gasteiger charge is 2.56. The third kappa shape index (κ3) is 1.77. The van der Waals surface area contributed by atoms with Crippen LogP contribution in [-0.2, 0) is 9.53 Å². The smallest absolute Gasteiger partial charge is 0.306 e. The third-order valence-electron chi connectivity index (χ3n) is 4.03. The molecule has 1 heterocycles. The number of fused-ring (bicyclic) bond motifs is 1. The molecule has 1 saturated heterocycles. The van der Waals surface area contributed by atoms with Crippen molar-refractivity contribution in [2.75, 3.05) is 0 Å². The van der Waals surface area contributed by atoms with Crippen molar-refractivity contribution < 1.29 is 14.6 Å². The van der Waals surface area contributed by atoms with E-state index < -0.39 is 0 Å². The van der Waals surface area contributed by atoms with Crippen molar-refractivity contribution in [3.05, 3.63) is 12.7 Å². The minimum absolute atomic E-state index is 0.00975. The molecule has 0 aromatic carbocycles. The Balaban J connectivity index is 2.17. The topological polar surface area (TPSA) is 46.5 Å². The van der Waals surface area contributed by atoms with Gasteiger partial charge in [0.2, 0.25) is 0 Å². The fourth-order valence-corrected chi connectivity index (χ4v) is 3.33. The maximum atomic E-state index is 11.3. The maximum Gasteiger partial charge on any atom is 0.306 e. The fourth-order valence-electron chi connectivity index (χ4n) is 3.33. The summed E-state index contributed by atoms with van der Waals surface area (Å²) in [5.41, 5.74) is -0.0103. The van der Waals surface area contributed by atoms with Crippen LogP contribution in [0.2, 0.25) is 0 Å². The predicted molar refractivity (Wildman–Crippen MR) is 60.7 cm³/mol. The van der Waals surface area contributed by atoms with Gasteiger partial charge in [-0.1, -0.05) is 19.9 Å². The molecule has 0 unspecified atom stereocenters. The minimum Gasteiger partial charge on any atom is -0.461 e. The number of aliphatic hydroxyl groups excluding tert-OH is 1. The van der Waals surface area contributed by atoms with Crippen LogP contribution >= 0.6 is 0 Å². The third-order valence-corrected chi connectivity index (χ3v) is 4.03. The number of hydrogen-bond acceptors (Lipinski definition) is 3. The monoisotopic (exact) mass is 224 g/mol. The molecular formula is C13H20O3. The van der Waals surface area contributed by atoms with Gasteiger partial charge in [-0.05, 0) is 18.8 Å². The summed E-state index contributed by atoms with van der Waals surface area (Å²) in [5, 5.41) is 10.1. The van der Waals surface area contributed by atoms with Crippen molar-refractivity contribution in [1.29, 1.82) is 0 Å². The molecule has 1 aliphatic carbocycles. The van der Waals surface area contributed by atoms with Gasteiger partial charge >= 0.3 is 5.97 Å². The standard InChI is InChI=1S/C13H20O3/c1-4-5-10(14)9-7-13(2,3)12-8(9)6-11(15)16-12/h4,8-10,12,14H,1,5-7H2,2-3H3/t8-,9-,10+,12-/m1/s1. The summed E-state index contributed by atoms with van der Waals surface area (Å²) in [6, 6.07) is 0. The number of carbonyl (C=O) groups excluding carboxylic acids is 1. The Morgan fingerprint density at radius 3 is 3.00 bits per heavy atom. The second-order valence-electron chi connectivity index (χ2n) is 5.73. The molecule has 90 valence electrons. The first-order valence-corrected chi connectivity index (χ1v) is 5.94. The highest BCUT2D eigenvalue weighted by atomic mass is 16.6. The van der Waals surface area contributed by atoms with Crippen molar-refractivity contribution in [2.45, 2.75) is 45.3 Å². The number of ether oxygens (including phenoxy) is 1. The number of rotatable bonds is 3. The highest BCUT2D eigenvalue weighted by molar-refractivity contribution is 5.72. The van der Waals surface area contributed by atoms with Crippen molar-refractivity contribution >= 4 is 5.97 Å². The Kier molecular flexibility index (Phi) is 2.82. The summed E-state index contributed by atoms with van der Waals surface area (Å²) < 4.78 is 5.38. The summed E-state index contributed by atoms with van der Waals surface area (Å²) in [5.74, 6) is 0.250. The van der Waals surface area contributed by atoms with Crippen molar-refractivity contribution in [2.24, 2.45) is 17.3 Å². The van der Waals surface area contributed by atoms with Gasteiger partial charge in [-0.15, -0.1) is 6.58 Å². The molecule has 0 aromatic heterocycles. The second kappa shape index (κ2) is 3.88. The molecule has 16 heavy (non-hydrogen) atoms. The van der Waals surface area contributed by atoms with Crippen LogP contribution in [0.1, 0.15) is 33.1 Å². The largest absolute Gasteiger partial charge is 0.461 e. The molecule has 0 radical (unpaired) electrons. The quantitative estimate of drug-likeness (QED) is 0.588. The van der Waals surface area contributed by atoms with Gasteiger partial charge in [-0.2, -0.15) is 0 Å². The van der Waals surface area contributed by atoms with Gasteiger partial charge in [-0.3, -0.25) is 4.79 Å². The summed E-state index contributed by atoms with van der Waals surface area (Å²) in [7, 11) is 0. The molecule has 2 fully saturated rings. The maximum absolute atomic E-state index is 11.3. The lowest BCUT2D eigenvalue weighted by Gasteiger charge is -2.24. The Bertz CT molecular complexity index is 308. The minimum atomic E-state index is -0.388. The number of hydrogen-bond donors (Lipinski definition) is 1. The zero-order chi connectivity index (χ0) is 11.9. The van der Waals surface area contributed by atoms with E-state index in [9.17, 15) is 9.90 Å². The van der Waals surface area contributed by atoms with Gasteiger partial charge in [0.25, 0.3) is 0 Å². The Hall–Kier alpha value is -0.830. The lowest BCUT2D eigenvalue weighted by molar-refractivity contribution is -0.145. The van der Waals surface area contributed by atoms with Gasteiger partial charge in [0, 0.05) is 11.3 Å². The van der Waals surface area contributed by atoms with Crippen molar-refractivity contribution in [3.8, 4) is 0 Å². The summed E-state index contributed by atoms with van der Waals surface area (Å²) in [4.78, 5) is 11.3. The van der Waals surface area contributed by atoms with Gasteiger partial charge in [0.05, 0.1) is 12.5 Å². The van der Waals surface area contributed by atoms with Crippen molar-refractivity contribution in [1.82, 2.24) is 0 Å². The van der Waals surface area contributed by atoms with E-state index in [-0.39, 0.29) is 35.4 Å². The molecule has 0 amide bonds. The van der Waals surface area contributed by atoms with E-state index in [4.69, 9.17) is 4.74 Å². The first-order chi connectivity index (χ1) is 7.45. The zero-order valence-electron chi connectivity index (χ0n) is 9.98. The Labute approximate surface area is 96.5 Å². The number of esters is 1. The second-order valence-corrected chi connectivity index (χ2v) is 5.73. The van der Waals surface area contributed by atoms with Crippen LogP contribution in [0, 0.1) is 17.3 Å². The lowest BCUT2D eigenvalue weighted by Crippen LogP contribution is -2.27. The zero-order valence-corrected chi connectivity index (χ0v) is 9.98. The van der Waals surface area contributed by atoms with Crippen molar-refractivity contribution in [3.63, 3.8) is 0 Å². The average molecular weight is 224 g/mol. The van der Waals surface area contributed by atoms with E-state index in [0.29, 0.717) is 12.8 Å². The lowest BCUT2D eigenvalue weighted by atomic mass is 9.87. The van der Waals surface area contributed by atoms with E-state index in [0.717, 1.165) is 6.42 Å². The van der Waals surface area contributed by atoms with Gasteiger partial charge in [-0.25, -0.2) is 0 Å². The van der Waals surface area contributed by atoms with E-state index >= 15 is 0 Å². The molecule has 2 aliphatic rings. The van der Waals surface area contributed by atoms with Gasteiger partial charge in [0.15, 0.2) is 0 Å². The van der Waals surface area contributed by atoms with Crippen LogP contribution in [0.25, 0.3) is 0 Å². The molecule has 2 rings (SSSR count). The first-order valence-electron chi connectivity index (χ1n) is 5.94. The average Bonchev–Trinajstić information content (AvgIpc) is 2.66. The van der Waals surface area contributed by atoms with Crippen LogP contribution in [0.3, 0.4) is 0 Å².